The van der Waals surface area contributed by atoms with Crippen LogP contribution in [-0.2, 0) is 4.79 Å². The first-order valence-electron chi connectivity index (χ1n) is 4.82. The highest BCUT2D eigenvalue weighted by molar-refractivity contribution is 5.61. The van der Waals surface area contributed by atoms with E-state index >= 15 is 0 Å². The van der Waals surface area contributed by atoms with Crippen molar-refractivity contribution in [2.75, 3.05) is 0 Å². The fraction of sp³-hybridized carbons (Fsp3) is 0.818. The lowest BCUT2D eigenvalue weighted by atomic mass is 9.67. The van der Waals surface area contributed by atoms with Gasteiger partial charge in [-0.15, -0.1) is 0 Å². The number of rotatable bonds is 2. The highest BCUT2D eigenvalue weighted by Crippen LogP contribution is 2.42. The Morgan fingerprint density at radius 3 is 2.50 bits per heavy atom. The van der Waals surface area contributed by atoms with Gasteiger partial charge in [-0.05, 0) is 36.5 Å². The lowest BCUT2D eigenvalue weighted by molar-refractivity contribution is -0.106. The third-order valence-electron chi connectivity index (χ3n) is 2.77. The quantitative estimate of drug-likeness (QED) is 0.578. The van der Waals surface area contributed by atoms with Crippen LogP contribution in [0.4, 0.5) is 0 Å². The molecule has 1 aliphatic rings. The van der Waals surface area contributed by atoms with Crippen molar-refractivity contribution in [3.8, 4) is 0 Å². The highest BCUT2D eigenvalue weighted by atomic mass is 16.1. The number of hydrogen-bond acceptors (Lipinski definition) is 1. The van der Waals surface area contributed by atoms with E-state index in [4.69, 9.17) is 0 Å². The van der Waals surface area contributed by atoms with Crippen LogP contribution in [0, 0.1) is 23.7 Å². The van der Waals surface area contributed by atoms with Crippen LogP contribution < -0.4 is 0 Å². The van der Waals surface area contributed by atoms with Gasteiger partial charge in [-0.1, -0.05) is 20.8 Å². The average Bonchev–Trinajstić information content (AvgIpc) is 1.82. The molecule has 0 spiro atoms. The predicted molar refractivity (Wildman–Crippen MR) is 50.7 cm³/mol. The van der Waals surface area contributed by atoms with Crippen molar-refractivity contribution in [2.24, 2.45) is 17.3 Å². The van der Waals surface area contributed by atoms with Gasteiger partial charge in [0.05, 0.1) is 0 Å². The summed E-state index contributed by atoms with van der Waals surface area (Å²) in [6.07, 6.45) is 6.46. The normalized spacial score (nSPS) is 34.6. The SMILES string of the molecule is CC1CC([CH]C=O)CC(C)(C)C1. The second kappa shape index (κ2) is 3.59. The Labute approximate surface area is 75.5 Å². The van der Waals surface area contributed by atoms with Crippen LogP contribution in [0.3, 0.4) is 0 Å². The molecule has 1 saturated carbocycles. The van der Waals surface area contributed by atoms with Crippen molar-refractivity contribution in [3.05, 3.63) is 6.42 Å². The van der Waals surface area contributed by atoms with Crippen LogP contribution in [0.2, 0.25) is 0 Å². The van der Waals surface area contributed by atoms with Crippen LogP contribution in [0.15, 0.2) is 0 Å². The van der Waals surface area contributed by atoms with Gasteiger partial charge in [0, 0.05) is 6.42 Å². The van der Waals surface area contributed by atoms with Gasteiger partial charge in [0.1, 0.15) is 6.29 Å². The topological polar surface area (TPSA) is 17.1 Å². The lowest BCUT2D eigenvalue weighted by Gasteiger charge is -2.38. The predicted octanol–water partition coefficient (Wildman–Crippen LogP) is 2.85. The molecule has 2 unspecified atom stereocenters. The first-order chi connectivity index (χ1) is 5.53. The summed E-state index contributed by atoms with van der Waals surface area (Å²) >= 11 is 0. The molecule has 0 bridgehead atoms. The van der Waals surface area contributed by atoms with Gasteiger partial charge in [-0.2, -0.15) is 0 Å². The fourth-order valence-corrected chi connectivity index (χ4v) is 2.68. The molecular weight excluding hydrogens is 148 g/mol. The highest BCUT2D eigenvalue weighted by Gasteiger charge is 2.31. The van der Waals surface area contributed by atoms with Crippen molar-refractivity contribution in [3.63, 3.8) is 0 Å². The molecular formula is C11H19O. The molecule has 0 saturated heterocycles. The molecule has 1 fully saturated rings. The van der Waals surface area contributed by atoms with E-state index < -0.39 is 0 Å². The maximum atomic E-state index is 10.3. The van der Waals surface area contributed by atoms with Crippen molar-refractivity contribution < 1.29 is 4.79 Å². The van der Waals surface area contributed by atoms with E-state index in [1.54, 1.807) is 0 Å². The van der Waals surface area contributed by atoms with Gasteiger partial charge in [-0.25, -0.2) is 0 Å². The van der Waals surface area contributed by atoms with Gasteiger partial charge in [0.25, 0.3) is 0 Å². The molecule has 0 aromatic heterocycles. The van der Waals surface area contributed by atoms with E-state index in [9.17, 15) is 4.79 Å². The minimum atomic E-state index is 0.432. The van der Waals surface area contributed by atoms with E-state index in [1.165, 1.54) is 19.3 Å². The van der Waals surface area contributed by atoms with Crippen LogP contribution in [0.1, 0.15) is 40.0 Å². The molecule has 0 aliphatic heterocycles. The zero-order valence-electron chi connectivity index (χ0n) is 8.34. The summed E-state index contributed by atoms with van der Waals surface area (Å²) in [7, 11) is 0. The Kier molecular flexibility index (Phi) is 2.92. The maximum Gasteiger partial charge on any atom is 0.124 e. The van der Waals surface area contributed by atoms with Gasteiger partial charge in [0.15, 0.2) is 0 Å². The van der Waals surface area contributed by atoms with Crippen LogP contribution in [0.5, 0.6) is 0 Å². The molecule has 12 heavy (non-hydrogen) atoms. The first kappa shape index (κ1) is 9.76. The van der Waals surface area contributed by atoms with E-state index in [1.807, 2.05) is 6.42 Å². The summed E-state index contributed by atoms with van der Waals surface area (Å²) < 4.78 is 0. The van der Waals surface area contributed by atoms with E-state index in [2.05, 4.69) is 20.8 Å². The standard InChI is InChI=1S/C11H19O/c1-9-6-10(4-5-12)8-11(2,3)7-9/h4-5,9-10H,6-8H2,1-3H3. The second-order valence-electron chi connectivity index (χ2n) is 5.00. The number of hydrogen-bond donors (Lipinski definition) is 0. The molecule has 2 atom stereocenters. The van der Waals surface area contributed by atoms with Crippen molar-refractivity contribution in [1.29, 1.82) is 0 Å². The maximum absolute atomic E-state index is 10.3. The van der Waals surface area contributed by atoms with Gasteiger partial charge < -0.3 is 4.79 Å². The molecule has 1 heteroatoms. The average molecular weight is 167 g/mol. The fourth-order valence-electron chi connectivity index (χ4n) is 2.68. The van der Waals surface area contributed by atoms with E-state index in [-0.39, 0.29) is 0 Å². The summed E-state index contributed by atoms with van der Waals surface area (Å²) in [6, 6.07) is 0. The molecule has 0 aromatic carbocycles. The summed E-state index contributed by atoms with van der Waals surface area (Å²) in [5, 5.41) is 0. The first-order valence-corrected chi connectivity index (χ1v) is 4.82. The third kappa shape index (κ3) is 2.62. The number of carbonyl (C=O) groups excluding carboxylic acids is 1. The Balaban J connectivity index is 2.51. The minimum Gasteiger partial charge on any atom is -0.303 e. The molecule has 0 heterocycles. The minimum absolute atomic E-state index is 0.432. The third-order valence-corrected chi connectivity index (χ3v) is 2.77. The zero-order chi connectivity index (χ0) is 9.19. The van der Waals surface area contributed by atoms with E-state index in [0.717, 1.165) is 12.2 Å². The van der Waals surface area contributed by atoms with Crippen LogP contribution in [-0.4, -0.2) is 6.29 Å². The summed E-state index contributed by atoms with van der Waals surface area (Å²) in [5.74, 6) is 1.30. The summed E-state index contributed by atoms with van der Waals surface area (Å²) in [6.45, 7) is 6.88. The number of aldehydes is 1. The summed E-state index contributed by atoms with van der Waals surface area (Å²) in [5.41, 5.74) is 0.432. The molecule has 1 aliphatic carbocycles. The monoisotopic (exact) mass is 167 g/mol. The largest absolute Gasteiger partial charge is 0.303 e. The van der Waals surface area contributed by atoms with Crippen molar-refractivity contribution in [2.45, 2.75) is 40.0 Å². The number of carbonyl (C=O) groups is 1. The van der Waals surface area contributed by atoms with E-state index in [0.29, 0.717) is 11.3 Å². The Hall–Kier alpha value is -0.330. The van der Waals surface area contributed by atoms with Crippen LogP contribution in [0.25, 0.3) is 0 Å². The molecule has 0 N–H and O–H groups in total. The molecule has 69 valence electrons. The molecule has 1 radical (unpaired) electrons. The molecule has 0 aromatic rings. The van der Waals surface area contributed by atoms with Crippen LogP contribution >= 0.6 is 0 Å². The van der Waals surface area contributed by atoms with Gasteiger partial charge >= 0.3 is 0 Å². The zero-order valence-corrected chi connectivity index (χ0v) is 8.34. The Morgan fingerprint density at radius 1 is 1.33 bits per heavy atom. The Morgan fingerprint density at radius 2 is 2.00 bits per heavy atom. The van der Waals surface area contributed by atoms with Crippen molar-refractivity contribution in [1.82, 2.24) is 0 Å². The molecule has 0 amide bonds. The smallest absolute Gasteiger partial charge is 0.124 e. The second-order valence-corrected chi connectivity index (χ2v) is 5.00. The molecule has 1 rings (SSSR count). The summed E-state index contributed by atoms with van der Waals surface area (Å²) in [4.78, 5) is 10.3. The molecule has 1 nitrogen and oxygen atoms in total. The Bertz CT molecular complexity index is 160. The van der Waals surface area contributed by atoms with Gasteiger partial charge in [0.2, 0.25) is 0 Å². The van der Waals surface area contributed by atoms with Gasteiger partial charge in [-0.3, -0.25) is 0 Å². The van der Waals surface area contributed by atoms with Crippen molar-refractivity contribution >= 4 is 6.29 Å². The lowest BCUT2D eigenvalue weighted by Crippen LogP contribution is -2.27.